The Balaban J connectivity index is 2.17. The molecule has 0 spiro atoms. The highest BCUT2D eigenvalue weighted by atomic mass is 16.6. The van der Waals surface area contributed by atoms with Crippen molar-refractivity contribution in [1.82, 2.24) is 4.90 Å². The number of carbonyl (C=O) groups excluding carboxylic acids is 1. The third kappa shape index (κ3) is 1.98. The number of carboxylic acids is 1. The number of carbonyl (C=O) groups is 2. The van der Waals surface area contributed by atoms with Crippen molar-refractivity contribution in [2.24, 2.45) is 5.92 Å². The summed E-state index contributed by atoms with van der Waals surface area (Å²) in [6.45, 7) is 5.87. The average molecular weight is 241 g/mol. The summed E-state index contributed by atoms with van der Waals surface area (Å²) in [6.07, 6.45) is 1.52. The molecule has 17 heavy (non-hydrogen) atoms. The number of nitrogens with zero attached hydrogens (tertiary/aromatic N) is 1. The lowest BCUT2D eigenvalue weighted by atomic mass is 9.98. The SMILES string of the molecule is CC(C)(C)OC(=O)N1C[C@H]2CCC1(C(=O)O)C2. The number of rotatable bonds is 1. The number of likely N-dealkylation sites (tertiary alicyclic amines) is 1. The van der Waals surface area contributed by atoms with Gasteiger partial charge in [0, 0.05) is 6.54 Å². The Morgan fingerprint density at radius 2 is 2.06 bits per heavy atom. The Labute approximate surface area is 101 Å². The largest absolute Gasteiger partial charge is 0.479 e. The van der Waals surface area contributed by atoms with Crippen LogP contribution in [-0.4, -0.2) is 39.8 Å². The summed E-state index contributed by atoms with van der Waals surface area (Å²) in [5.41, 5.74) is -1.59. The van der Waals surface area contributed by atoms with Gasteiger partial charge in [0.2, 0.25) is 0 Å². The molecule has 5 heteroatoms. The minimum absolute atomic E-state index is 0.318. The van der Waals surface area contributed by atoms with Gasteiger partial charge in [-0.2, -0.15) is 0 Å². The molecule has 2 fully saturated rings. The smallest absolute Gasteiger partial charge is 0.411 e. The fraction of sp³-hybridized carbons (Fsp3) is 0.833. The van der Waals surface area contributed by atoms with E-state index in [9.17, 15) is 14.7 Å². The average Bonchev–Trinajstić information content (AvgIpc) is 2.72. The number of amides is 1. The van der Waals surface area contributed by atoms with E-state index in [0.29, 0.717) is 25.3 Å². The second-order valence-corrected chi connectivity index (χ2v) is 6.04. The molecule has 1 amide bonds. The number of aliphatic carboxylic acids is 1. The zero-order chi connectivity index (χ0) is 12.8. The lowest BCUT2D eigenvalue weighted by molar-refractivity contribution is -0.149. The maximum absolute atomic E-state index is 12.0. The van der Waals surface area contributed by atoms with E-state index in [-0.39, 0.29) is 0 Å². The van der Waals surface area contributed by atoms with E-state index in [1.54, 1.807) is 20.8 Å². The summed E-state index contributed by atoms with van der Waals surface area (Å²) in [5, 5.41) is 9.36. The number of ether oxygens (including phenoxy) is 1. The van der Waals surface area contributed by atoms with E-state index in [1.807, 2.05) is 0 Å². The van der Waals surface area contributed by atoms with Crippen LogP contribution < -0.4 is 0 Å². The van der Waals surface area contributed by atoms with E-state index in [2.05, 4.69) is 0 Å². The van der Waals surface area contributed by atoms with Crippen LogP contribution in [0.1, 0.15) is 40.0 Å². The zero-order valence-corrected chi connectivity index (χ0v) is 10.5. The van der Waals surface area contributed by atoms with E-state index < -0.39 is 23.2 Å². The first-order valence-electron chi connectivity index (χ1n) is 5.99. The summed E-state index contributed by atoms with van der Waals surface area (Å²) in [4.78, 5) is 24.8. The fourth-order valence-corrected chi connectivity index (χ4v) is 2.83. The molecule has 1 saturated carbocycles. The molecule has 5 nitrogen and oxygen atoms in total. The quantitative estimate of drug-likeness (QED) is 0.761. The Kier molecular flexibility index (Phi) is 2.60. The second kappa shape index (κ2) is 3.62. The first-order chi connectivity index (χ1) is 7.74. The van der Waals surface area contributed by atoms with Gasteiger partial charge in [0.1, 0.15) is 11.1 Å². The van der Waals surface area contributed by atoms with Gasteiger partial charge in [0.15, 0.2) is 0 Å². The molecule has 2 bridgehead atoms. The van der Waals surface area contributed by atoms with E-state index in [1.165, 1.54) is 4.90 Å². The fourth-order valence-electron chi connectivity index (χ4n) is 2.83. The molecule has 1 saturated heterocycles. The maximum Gasteiger partial charge on any atom is 0.411 e. The minimum atomic E-state index is -1.01. The molecule has 2 rings (SSSR count). The van der Waals surface area contributed by atoms with Crippen LogP contribution in [0.2, 0.25) is 0 Å². The summed E-state index contributed by atoms with van der Waals surface area (Å²) < 4.78 is 5.27. The van der Waals surface area contributed by atoms with Crippen molar-refractivity contribution >= 4 is 12.1 Å². The van der Waals surface area contributed by atoms with Crippen LogP contribution in [-0.2, 0) is 9.53 Å². The van der Waals surface area contributed by atoms with Crippen molar-refractivity contribution < 1.29 is 19.4 Å². The third-order valence-electron chi connectivity index (χ3n) is 3.56. The molecular formula is C12H19NO4. The van der Waals surface area contributed by atoms with Crippen molar-refractivity contribution in [1.29, 1.82) is 0 Å². The van der Waals surface area contributed by atoms with E-state index >= 15 is 0 Å². The monoisotopic (exact) mass is 241 g/mol. The number of carboxylic acid groups (broad SMARTS) is 1. The number of hydrogen-bond acceptors (Lipinski definition) is 3. The summed E-state index contributed by atoms with van der Waals surface area (Å²) in [6, 6.07) is 0. The predicted octanol–water partition coefficient (Wildman–Crippen LogP) is 1.86. The van der Waals surface area contributed by atoms with Gasteiger partial charge in [-0.25, -0.2) is 9.59 Å². The van der Waals surface area contributed by atoms with Gasteiger partial charge in [-0.1, -0.05) is 0 Å². The normalized spacial score (nSPS) is 31.7. The van der Waals surface area contributed by atoms with E-state index in [0.717, 1.165) is 6.42 Å². The Hall–Kier alpha value is -1.26. The molecule has 0 radical (unpaired) electrons. The van der Waals surface area contributed by atoms with E-state index in [4.69, 9.17) is 4.74 Å². The topological polar surface area (TPSA) is 66.8 Å². The predicted molar refractivity (Wildman–Crippen MR) is 60.6 cm³/mol. The van der Waals surface area contributed by atoms with Gasteiger partial charge < -0.3 is 9.84 Å². The first kappa shape index (κ1) is 12.2. The van der Waals surface area contributed by atoms with Gasteiger partial charge in [-0.05, 0) is 46.0 Å². The van der Waals surface area contributed by atoms with Crippen molar-refractivity contribution in [2.45, 2.75) is 51.2 Å². The highest BCUT2D eigenvalue weighted by Crippen LogP contribution is 2.47. The second-order valence-electron chi connectivity index (χ2n) is 6.04. The van der Waals surface area contributed by atoms with Crippen molar-refractivity contribution in [3.05, 3.63) is 0 Å². The lowest BCUT2D eigenvalue weighted by Gasteiger charge is -2.36. The highest BCUT2D eigenvalue weighted by molar-refractivity contribution is 5.86. The summed E-state index contributed by atoms with van der Waals surface area (Å²) in [5.74, 6) is -0.582. The Bertz CT molecular complexity index is 360. The summed E-state index contributed by atoms with van der Waals surface area (Å²) >= 11 is 0. The van der Waals surface area contributed by atoms with Crippen LogP contribution in [0.25, 0.3) is 0 Å². The van der Waals surface area contributed by atoms with Crippen LogP contribution in [0.4, 0.5) is 4.79 Å². The molecule has 1 unspecified atom stereocenters. The number of piperidine rings is 1. The molecule has 96 valence electrons. The molecular weight excluding hydrogens is 222 g/mol. The lowest BCUT2D eigenvalue weighted by Crippen LogP contribution is -2.54. The molecule has 1 aliphatic carbocycles. The third-order valence-corrected chi connectivity index (χ3v) is 3.56. The summed E-state index contributed by atoms with van der Waals surface area (Å²) in [7, 11) is 0. The van der Waals surface area contributed by atoms with Crippen LogP contribution in [0.5, 0.6) is 0 Å². The molecule has 0 aromatic rings. The standard InChI is InChI=1S/C12H19NO4/c1-11(2,3)17-10(16)13-7-8-4-5-12(13,6-8)9(14)15/h8H,4-7H2,1-3H3,(H,14,15)/t8-,12?/m0/s1. The number of fused-ring (bicyclic) bond motifs is 2. The first-order valence-corrected chi connectivity index (χ1v) is 5.99. The molecule has 0 aromatic heterocycles. The Morgan fingerprint density at radius 1 is 1.41 bits per heavy atom. The molecule has 2 aliphatic rings. The number of hydrogen-bond donors (Lipinski definition) is 1. The van der Waals surface area contributed by atoms with Gasteiger partial charge in [0.25, 0.3) is 0 Å². The molecule has 2 atom stereocenters. The highest BCUT2D eigenvalue weighted by Gasteiger charge is 2.58. The molecule has 0 aromatic carbocycles. The Morgan fingerprint density at radius 3 is 2.53 bits per heavy atom. The molecule has 1 aliphatic heterocycles. The van der Waals surface area contributed by atoms with Crippen molar-refractivity contribution in [2.75, 3.05) is 6.54 Å². The van der Waals surface area contributed by atoms with Gasteiger partial charge in [-0.15, -0.1) is 0 Å². The van der Waals surface area contributed by atoms with Crippen LogP contribution in [0.3, 0.4) is 0 Å². The van der Waals surface area contributed by atoms with Crippen LogP contribution in [0.15, 0.2) is 0 Å². The maximum atomic E-state index is 12.0. The molecule has 1 N–H and O–H groups in total. The molecule has 1 heterocycles. The van der Waals surface area contributed by atoms with Crippen LogP contribution in [0, 0.1) is 5.92 Å². The van der Waals surface area contributed by atoms with Crippen molar-refractivity contribution in [3.63, 3.8) is 0 Å². The minimum Gasteiger partial charge on any atom is -0.479 e. The van der Waals surface area contributed by atoms with Gasteiger partial charge >= 0.3 is 12.1 Å². The van der Waals surface area contributed by atoms with Crippen molar-refractivity contribution in [3.8, 4) is 0 Å². The van der Waals surface area contributed by atoms with Crippen LogP contribution >= 0.6 is 0 Å². The van der Waals surface area contributed by atoms with Gasteiger partial charge in [-0.3, -0.25) is 4.90 Å². The zero-order valence-electron chi connectivity index (χ0n) is 10.5. The van der Waals surface area contributed by atoms with Gasteiger partial charge in [0.05, 0.1) is 0 Å².